The number of ether oxygens (including phenoxy) is 1. The minimum Gasteiger partial charge on any atom is -0.456 e. The van der Waals surface area contributed by atoms with Gasteiger partial charge in [0.2, 0.25) is 5.91 Å². The SMILES string of the molecule is CC(=O)N(c1nc(COC(=O)c2ccc(C(F)(F)F)cc2)cs1)c1ccccc1F. The number of halogens is 4. The average molecular weight is 438 g/mol. The van der Waals surface area contributed by atoms with E-state index in [2.05, 4.69) is 4.98 Å². The maximum absolute atomic E-state index is 14.1. The number of carbonyl (C=O) groups is 2. The number of esters is 1. The number of hydrogen-bond donors (Lipinski definition) is 0. The molecule has 0 aliphatic heterocycles. The highest BCUT2D eigenvalue weighted by Gasteiger charge is 2.30. The summed E-state index contributed by atoms with van der Waals surface area (Å²) in [7, 11) is 0. The lowest BCUT2D eigenvalue weighted by atomic mass is 10.1. The number of para-hydroxylation sites is 1. The summed E-state index contributed by atoms with van der Waals surface area (Å²) in [6, 6.07) is 9.34. The number of carbonyl (C=O) groups excluding carboxylic acids is 2. The third-order valence-electron chi connectivity index (χ3n) is 3.94. The first-order valence-corrected chi connectivity index (χ1v) is 9.39. The predicted molar refractivity (Wildman–Crippen MR) is 102 cm³/mol. The van der Waals surface area contributed by atoms with Crippen molar-refractivity contribution >= 4 is 34.0 Å². The van der Waals surface area contributed by atoms with E-state index < -0.39 is 29.4 Å². The van der Waals surface area contributed by atoms with Gasteiger partial charge in [-0.1, -0.05) is 12.1 Å². The molecule has 0 radical (unpaired) electrons. The van der Waals surface area contributed by atoms with Gasteiger partial charge in [-0.3, -0.25) is 9.69 Å². The van der Waals surface area contributed by atoms with Gasteiger partial charge in [0.25, 0.3) is 0 Å². The van der Waals surface area contributed by atoms with Crippen molar-refractivity contribution in [2.45, 2.75) is 19.7 Å². The van der Waals surface area contributed by atoms with Gasteiger partial charge in [-0.05, 0) is 36.4 Å². The van der Waals surface area contributed by atoms with Crippen molar-refractivity contribution in [2.24, 2.45) is 0 Å². The van der Waals surface area contributed by atoms with Crippen LogP contribution in [0.5, 0.6) is 0 Å². The lowest BCUT2D eigenvalue weighted by Crippen LogP contribution is -2.23. The Morgan fingerprint density at radius 2 is 1.77 bits per heavy atom. The van der Waals surface area contributed by atoms with Gasteiger partial charge < -0.3 is 4.74 Å². The first-order chi connectivity index (χ1) is 14.2. The lowest BCUT2D eigenvalue weighted by molar-refractivity contribution is -0.137. The van der Waals surface area contributed by atoms with Gasteiger partial charge >= 0.3 is 12.1 Å². The van der Waals surface area contributed by atoms with Crippen molar-refractivity contribution in [3.63, 3.8) is 0 Å². The number of benzene rings is 2. The van der Waals surface area contributed by atoms with E-state index in [9.17, 15) is 27.2 Å². The zero-order valence-corrected chi connectivity index (χ0v) is 16.3. The largest absolute Gasteiger partial charge is 0.456 e. The zero-order chi connectivity index (χ0) is 21.9. The minimum atomic E-state index is -4.50. The third kappa shape index (κ3) is 4.82. The summed E-state index contributed by atoms with van der Waals surface area (Å²) in [5.74, 6) is -1.88. The molecule has 3 aromatic rings. The van der Waals surface area contributed by atoms with Crippen molar-refractivity contribution in [1.29, 1.82) is 0 Å². The summed E-state index contributed by atoms with van der Waals surface area (Å²) >= 11 is 1.05. The molecule has 5 nitrogen and oxygen atoms in total. The Balaban J connectivity index is 1.70. The Morgan fingerprint density at radius 1 is 1.10 bits per heavy atom. The predicted octanol–water partition coefficient (Wildman–Crippen LogP) is 5.34. The Labute approximate surface area is 172 Å². The molecule has 1 amide bonds. The first kappa shape index (κ1) is 21.4. The van der Waals surface area contributed by atoms with E-state index in [1.165, 1.54) is 30.5 Å². The Kier molecular flexibility index (Phi) is 6.16. The van der Waals surface area contributed by atoms with Crippen LogP contribution in [0.2, 0.25) is 0 Å². The van der Waals surface area contributed by atoms with Crippen molar-refractivity contribution in [3.8, 4) is 0 Å². The van der Waals surface area contributed by atoms with Crippen LogP contribution in [0.3, 0.4) is 0 Å². The monoisotopic (exact) mass is 438 g/mol. The highest BCUT2D eigenvalue weighted by molar-refractivity contribution is 7.14. The molecule has 0 spiro atoms. The third-order valence-corrected chi connectivity index (χ3v) is 4.81. The molecule has 0 fully saturated rings. The highest BCUT2D eigenvalue weighted by atomic mass is 32.1. The van der Waals surface area contributed by atoms with Gasteiger partial charge in [0.05, 0.1) is 22.5 Å². The standard InChI is InChI=1S/C20H14F4N2O3S/c1-12(27)26(17-5-3-2-4-16(17)21)19-25-15(11-30-19)10-29-18(28)13-6-8-14(9-7-13)20(22,23)24/h2-9,11H,10H2,1H3. The number of alkyl halides is 3. The quantitative estimate of drug-likeness (QED) is 0.398. The normalized spacial score (nSPS) is 11.2. The van der Waals surface area contributed by atoms with E-state index in [0.717, 1.165) is 40.5 Å². The molecule has 0 atom stereocenters. The molecule has 1 aromatic heterocycles. The van der Waals surface area contributed by atoms with Crippen molar-refractivity contribution < 1.29 is 31.9 Å². The highest BCUT2D eigenvalue weighted by Crippen LogP contribution is 2.31. The number of nitrogens with zero attached hydrogens (tertiary/aromatic N) is 2. The summed E-state index contributed by atoms with van der Waals surface area (Å²) in [6.07, 6.45) is -4.50. The van der Waals surface area contributed by atoms with Crippen molar-refractivity contribution in [2.75, 3.05) is 4.90 Å². The molecule has 0 bridgehead atoms. The summed E-state index contributed by atoms with van der Waals surface area (Å²) in [4.78, 5) is 29.4. The van der Waals surface area contributed by atoms with E-state index in [4.69, 9.17) is 4.74 Å². The molecule has 2 aromatic carbocycles. The van der Waals surface area contributed by atoms with Crippen molar-refractivity contribution in [1.82, 2.24) is 4.98 Å². The van der Waals surface area contributed by atoms with E-state index in [1.54, 1.807) is 6.07 Å². The molecular formula is C20H14F4N2O3S. The molecule has 0 saturated carbocycles. The number of aromatic nitrogens is 1. The fraction of sp³-hybridized carbons (Fsp3) is 0.150. The van der Waals surface area contributed by atoms with Crippen LogP contribution >= 0.6 is 11.3 Å². The first-order valence-electron chi connectivity index (χ1n) is 8.51. The molecule has 156 valence electrons. The van der Waals surface area contributed by atoms with Gasteiger partial charge in [-0.15, -0.1) is 11.3 Å². The molecule has 0 N–H and O–H groups in total. The van der Waals surface area contributed by atoms with E-state index in [-0.39, 0.29) is 23.0 Å². The van der Waals surface area contributed by atoms with Crippen LogP contribution in [0.4, 0.5) is 28.4 Å². The number of hydrogen-bond acceptors (Lipinski definition) is 5. The molecule has 30 heavy (non-hydrogen) atoms. The van der Waals surface area contributed by atoms with Crippen molar-refractivity contribution in [3.05, 3.63) is 76.5 Å². The lowest BCUT2D eigenvalue weighted by Gasteiger charge is -2.18. The summed E-state index contributed by atoms with van der Waals surface area (Å²) in [6.45, 7) is 0.998. The maximum atomic E-state index is 14.1. The van der Waals surface area contributed by atoms with Gasteiger partial charge in [-0.2, -0.15) is 13.2 Å². The van der Waals surface area contributed by atoms with Crippen LogP contribution in [-0.4, -0.2) is 16.9 Å². The minimum absolute atomic E-state index is 0.0349. The number of anilines is 2. The fourth-order valence-electron chi connectivity index (χ4n) is 2.52. The molecular weight excluding hydrogens is 424 g/mol. The second-order valence-electron chi connectivity index (χ2n) is 6.08. The van der Waals surface area contributed by atoms with Crippen LogP contribution < -0.4 is 4.90 Å². The summed E-state index contributed by atoms with van der Waals surface area (Å²) in [5, 5.41) is 1.72. The molecule has 0 aliphatic rings. The maximum Gasteiger partial charge on any atom is 0.416 e. The topological polar surface area (TPSA) is 59.5 Å². The Hall–Kier alpha value is -3.27. The second kappa shape index (κ2) is 8.62. The smallest absolute Gasteiger partial charge is 0.416 e. The number of rotatable bonds is 5. The fourth-order valence-corrected chi connectivity index (χ4v) is 3.39. The van der Waals surface area contributed by atoms with Crippen LogP contribution in [0.25, 0.3) is 0 Å². The van der Waals surface area contributed by atoms with Gasteiger partial charge in [0.15, 0.2) is 5.13 Å². The Morgan fingerprint density at radius 3 is 2.37 bits per heavy atom. The van der Waals surface area contributed by atoms with E-state index in [0.29, 0.717) is 5.69 Å². The second-order valence-corrected chi connectivity index (χ2v) is 6.92. The molecule has 1 heterocycles. The van der Waals surface area contributed by atoms with Crippen LogP contribution in [0.15, 0.2) is 53.9 Å². The average Bonchev–Trinajstić information content (AvgIpc) is 3.15. The summed E-state index contributed by atoms with van der Waals surface area (Å²) in [5.41, 5.74) is -0.582. The molecule has 0 aliphatic carbocycles. The van der Waals surface area contributed by atoms with Crippen LogP contribution in [0, 0.1) is 5.82 Å². The van der Waals surface area contributed by atoms with E-state index in [1.807, 2.05) is 0 Å². The molecule has 10 heteroatoms. The summed E-state index contributed by atoms with van der Waals surface area (Å²) < 4.78 is 56.9. The Bertz CT molecular complexity index is 1060. The van der Waals surface area contributed by atoms with Gasteiger partial charge in [0, 0.05) is 12.3 Å². The van der Waals surface area contributed by atoms with Crippen LogP contribution in [-0.2, 0) is 22.3 Å². The number of thiazole rings is 1. The van der Waals surface area contributed by atoms with Gasteiger partial charge in [-0.25, -0.2) is 14.2 Å². The zero-order valence-electron chi connectivity index (χ0n) is 15.4. The molecule has 0 saturated heterocycles. The van der Waals surface area contributed by atoms with E-state index >= 15 is 0 Å². The van der Waals surface area contributed by atoms with Crippen LogP contribution in [0.1, 0.15) is 28.5 Å². The molecule has 3 rings (SSSR count). The van der Waals surface area contributed by atoms with Gasteiger partial charge in [0.1, 0.15) is 12.4 Å². The number of amides is 1. The molecule has 0 unspecified atom stereocenters.